The van der Waals surface area contributed by atoms with Crippen molar-refractivity contribution in [3.05, 3.63) is 52.0 Å². The molecule has 0 aliphatic carbocycles. The van der Waals surface area contributed by atoms with E-state index in [0.29, 0.717) is 19.6 Å². The van der Waals surface area contributed by atoms with Crippen molar-refractivity contribution in [2.75, 3.05) is 13.2 Å². The average Bonchev–Trinajstić information content (AvgIpc) is 3.06. The van der Waals surface area contributed by atoms with Crippen molar-refractivity contribution < 1.29 is 9.53 Å². The van der Waals surface area contributed by atoms with Crippen LogP contribution in [0.3, 0.4) is 0 Å². The first-order valence-corrected chi connectivity index (χ1v) is 9.45. The zero-order valence-electron chi connectivity index (χ0n) is 14.1. The number of aryl methyl sites for hydroxylation is 1. The zero-order valence-corrected chi connectivity index (χ0v) is 14.9. The van der Waals surface area contributed by atoms with Crippen LogP contribution >= 0.6 is 11.3 Å². The topological polar surface area (TPSA) is 42.4 Å². The molecule has 24 heavy (non-hydrogen) atoms. The van der Waals surface area contributed by atoms with Gasteiger partial charge in [0.1, 0.15) is 5.01 Å². The molecule has 1 aliphatic rings. The third-order valence-corrected chi connectivity index (χ3v) is 5.38. The number of carbonyl (C=O) groups excluding carboxylic acids is 1. The lowest BCUT2D eigenvalue weighted by Crippen LogP contribution is -2.38. The van der Waals surface area contributed by atoms with Crippen molar-refractivity contribution in [1.29, 1.82) is 0 Å². The molecule has 0 saturated carbocycles. The fourth-order valence-corrected chi connectivity index (χ4v) is 4.02. The van der Waals surface area contributed by atoms with Gasteiger partial charge in [-0.15, -0.1) is 11.3 Å². The Kier molecular flexibility index (Phi) is 5.99. The van der Waals surface area contributed by atoms with Crippen LogP contribution in [0.25, 0.3) is 0 Å². The Morgan fingerprint density at radius 3 is 2.92 bits per heavy atom. The number of amides is 1. The molecule has 1 unspecified atom stereocenters. The number of aromatic nitrogens is 1. The van der Waals surface area contributed by atoms with Crippen LogP contribution in [0.5, 0.6) is 0 Å². The molecule has 2 aromatic rings. The summed E-state index contributed by atoms with van der Waals surface area (Å²) >= 11 is 1.67. The molecular formula is C19H24N2O2S. The van der Waals surface area contributed by atoms with Gasteiger partial charge < -0.3 is 9.64 Å². The molecule has 1 atom stereocenters. The van der Waals surface area contributed by atoms with Gasteiger partial charge in [0.15, 0.2) is 0 Å². The van der Waals surface area contributed by atoms with Crippen LogP contribution in [0.15, 0.2) is 35.7 Å². The molecule has 0 radical (unpaired) electrons. The van der Waals surface area contributed by atoms with Gasteiger partial charge in [0.2, 0.25) is 5.91 Å². The van der Waals surface area contributed by atoms with Crippen molar-refractivity contribution >= 4 is 17.2 Å². The van der Waals surface area contributed by atoms with Gasteiger partial charge in [-0.1, -0.05) is 30.3 Å². The Balaban J connectivity index is 1.51. The second-order valence-corrected chi connectivity index (χ2v) is 7.10. The van der Waals surface area contributed by atoms with Gasteiger partial charge in [-0.2, -0.15) is 0 Å². The Labute approximate surface area is 147 Å². The monoisotopic (exact) mass is 344 g/mol. The van der Waals surface area contributed by atoms with Gasteiger partial charge in [-0.05, 0) is 31.7 Å². The molecule has 5 heteroatoms. The third kappa shape index (κ3) is 4.42. The van der Waals surface area contributed by atoms with Crippen LogP contribution in [0, 0.1) is 6.92 Å². The fraction of sp³-hybridized carbons (Fsp3) is 0.474. The Morgan fingerprint density at radius 2 is 2.17 bits per heavy atom. The summed E-state index contributed by atoms with van der Waals surface area (Å²) in [5, 5.41) is 3.14. The highest BCUT2D eigenvalue weighted by Crippen LogP contribution is 2.33. The highest BCUT2D eigenvalue weighted by Gasteiger charge is 2.29. The van der Waals surface area contributed by atoms with Crippen LogP contribution in [0.4, 0.5) is 0 Å². The molecule has 1 aliphatic heterocycles. The molecule has 1 saturated heterocycles. The van der Waals surface area contributed by atoms with E-state index >= 15 is 0 Å². The quantitative estimate of drug-likeness (QED) is 0.741. The molecule has 1 fully saturated rings. The molecule has 2 heterocycles. The van der Waals surface area contributed by atoms with Crippen molar-refractivity contribution in [3.63, 3.8) is 0 Å². The van der Waals surface area contributed by atoms with E-state index in [4.69, 9.17) is 4.74 Å². The van der Waals surface area contributed by atoms with Crippen LogP contribution < -0.4 is 0 Å². The Morgan fingerprint density at radius 1 is 1.33 bits per heavy atom. The van der Waals surface area contributed by atoms with E-state index in [1.54, 1.807) is 11.3 Å². The number of rotatable bonds is 6. The van der Waals surface area contributed by atoms with E-state index in [1.807, 2.05) is 42.2 Å². The lowest BCUT2D eigenvalue weighted by Gasteiger charge is -2.34. The van der Waals surface area contributed by atoms with E-state index < -0.39 is 0 Å². The molecule has 4 nitrogen and oxygen atoms in total. The maximum atomic E-state index is 12.6. The van der Waals surface area contributed by atoms with Crippen molar-refractivity contribution in [2.45, 2.75) is 45.3 Å². The molecule has 1 aromatic heterocycles. The van der Waals surface area contributed by atoms with Gasteiger partial charge >= 0.3 is 0 Å². The minimum Gasteiger partial charge on any atom is -0.376 e. The number of hydrogen-bond acceptors (Lipinski definition) is 4. The molecule has 1 aromatic carbocycles. The van der Waals surface area contributed by atoms with Gasteiger partial charge in [-0.25, -0.2) is 4.98 Å². The van der Waals surface area contributed by atoms with Gasteiger partial charge in [0.25, 0.3) is 0 Å². The summed E-state index contributed by atoms with van der Waals surface area (Å²) in [6.07, 6.45) is 3.70. The fourth-order valence-electron chi connectivity index (χ4n) is 3.08. The van der Waals surface area contributed by atoms with E-state index in [2.05, 4.69) is 10.4 Å². The third-order valence-electron chi connectivity index (χ3n) is 4.32. The maximum Gasteiger partial charge on any atom is 0.225 e. The summed E-state index contributed by atoms with van der Waals surface area (Å²) in [4.78, 5) is 19.2. The highest BCUT2D eigenvalue weighted by molar-refractivity contribution is 7.09. The SMILES string of the molecule is Cc1csc(C2CCCCN2C(=O)CCOCc2ccccc2)n1. The number of carbonyl (C=O) groups is 1. The van der Waals surface area contributed by atoms with Crippen molar-refractivity contribution in [1.82, 2.24) is 9.88 Å². The number of likely N-dealkylation sites (tertiary alicyclic amines) is 1. The van der Waals surface area contributed by atoms with E-state index in [-0.39, 0.29) is 11.9 Å². The van der Waals surface area contributed by atoms with E-state index in [1.165, 1.54) is 0 Å². The standard InChI is InChI=1S/C19H24N2O2S/c1-15-14-24-19(20-15)17-9-5-6-11-21(17)18(22)10-12-23-13-16-7-3-2-4-8-16/h2-4,7-8,14,17H,5-6,9-13H2,1H3. The minimum absolute atomic E-state index is 0.152. The average molecular weight is 344 g/mol. The number of ether oxygens (including phenoxy) is 1. The van der Waals surface area contributed by atoms with Crippen molar-refractivity contribution in [3.8, 4) is 0 Å². The number of piperidine rings is 1. The second kappa shape index (κ2) is 8.40. The summed E-state index contributed by atoms with van der Waals surface area (Å²) in [6.45, 7) is 3.87. The molecular weight excluding hydrogens is 320 g/mol. The summed E-state index contributed by atoms with van der Waals surface area (Å²) in [5.74, 6) is 0.181. The maximum absolute atomic E-state index is 12.6. The summed E-state index contributed by atoms with van der Waals surface area (Å²) in [5.41, 5.74) is 2.18. The molecule has 128 valence electrons. The first kappa shape index (κ1) is 17.1. The smallest absolute Gasteiger partial charge is 0.225 e. The summed E-state index contributed by atoms with van der Waals surface area (Å²) in [6, 6.07) is 10.2. The number of benzene rings is 1. The van der Waals surface area contributed by atoms with E-state index in [0.717, 1.165) is 42.1 Å². The van der Waals surface area contributed by atoms with Crippen molar-refractivity contribution in [2.24, 2.45) is 0 Å². The number of nitrogens with zero attached hydrogens (tertiary/aromatic N) is 2. The Bertz CT molecular complexity index is 656. The lowest BCUT2D eigenvalue weighted by molar-refractivity contribution is -0.136. The largest absolute Gasteiger partial charge is 0.376 e. The van der Waals surface area contributed by atoms with Crippen LogP contribution in [-0.2, 0) is 16.1 Å². The van der Waals surface area contributed by atoms with Crippen LogP contribution in [-0.4, -0.2) is 28.9 Å². The normalized spacial score (nSPS) is 17.9. The number of hydrogen-bond donors (Lipinski definition) is 0. The predicted molar refractivity (Wildman–Crippen MR) is 95.9 cm³/mol. The van der Waals surface area contributed by atoms with Crippen LogP contribution in [0.1, 0.15) is 48.0 Å². The lowest BCUT2D eigenvalue weighted by atomic mass is 10.0. The molecule has 0 N–H and O–H groups in total. The van der Waals surface area contributed by atoms with Gasteiger partial charge in [0.05, 0.1) is 25.7 Å². The second-order valence-electron chi connectivity index (χ2n) is 6.21. The zero-order chi connectivity index (χ0) is 16.8. The van der Waals surface area contributed by atoms with Gasteiger partial charge in [0, 0.05) is 17.6 Å². The Hall–Kier alpha value is -1.72. The highest BCUT2D eigenvalue weighted by atomic mass is 32.1. The first-order chi connectivity index (χ1) is 11.7. The molecule has 3 rings (SSSR count). The molecule has 0 bridgehead atoms. The van der Waals surface area contributed by atoms with Gasteiger partial charge in [-0.3, -0.25) is 4.79 Å². The number of thiazole rings is 1. The first-order valence-electron chi connectivity index (χ1n) is 8.57. The van der Waals surface area contributed by atoms with Crippen LogP contribution in [0.2, 0.25) is 0 Å². The summed E-state index contributed by atoms with van der Waals surface area (Å²) < 4.78 is 5.67. The summed E-state index contributed by atoms with van der Waals surface area (Å²) in [7, 11) is 0. The predicted octanol–water partition coefficient (Wildman–Crippen LogP) is 4.11. The van der Waals surface area contributed by atoms with E-state index in [9.17, 15) is 4.79 Å². The molecule has 1 amide bonds. The molecule has 0 spiro atoms. The minimum atomic E-state index is 0.152.